The van der Waals surface area contributed by atoms with E-state index in [1.165, 1.54) is 0 Å². The Hall–Kier alpha value is -1.75. The monoisotopic (exact) mass is 307 g/mol. The highest BCUT2D eigenvalue weighted by Gasteiger charge is 2.40. The number of likely N-dealkylation sites (tertiary alicyclic amines) is 1. The minimum atomic E-state index is -0.711. The molecular formula is C17H25NO4. The van der Waals surface area contributed by atoms with Gasteiger partial charge >= 0.3 is 5.97 Å². The number of carboxylic acids is 1. The zero-order valence-electron chi connectivity index (χ0n) is 13.6. The Labute approximate surface area is 131 Å². The van der Waals surface area contributed by atoms with Gasteiger partial charge in [0.15, 0.2) is 11.5 Å². The van der Waals surface area contributed by atoms with Crippen molar-refractivity contribution >= 4 is 5.97 Å². The quantitative estimate of drug-likeness (QED) is 0.839. The van der Waals surface area contributed by atoms with Crippen LogP contribution in [0, 0.1) is 5.41 Å². The molecule has 2 rings (SSSR count). The lowest BCUT2D eigenvalue weighted by Gasteiger charge is -2.20. The smallest absolute Gasteiger partial charge is 0.310 e. The Balaban J connectivity index is 2.07. The zero-order chi connectivity index (χ0) is 16.2. The minimum absolute atomic E-state index is 0.583. The van der Waals surface area contributed by atoms with E-state index in [-0.39, 0.29) is 0 Å². The van der Waals surface area contributed by atoms with Crippen LogP contribution < -0.4 is 9.47 Å². The van der Waals surface area contributed by atoms with Gasteiger partial charge in [-0.15, -0.1) is 0 Å². The second kappa shape index (κ2) is 7.01. The molecule has 1 fully saturated rings. The molecule has 1 aromatic rings. The Bertz CT molecular complexity index is 531. The maximum absolute atomic E-state index is 11.3. The molecule has 1 atom stereocenters. The van der Waals surface area contributed by atoms with Gasteiger partial charge in [0.25, 0.3) is 0 Å². The molecular weight excluding hydrogens is 282 g/mol. The Morgan fingerprint density at radius 3 is 2.55 bits per heavy atom. The van der Waals surface area contributed by atoms with Crippen LogP contribution in [-0.2, 0) is 11.3 Å². The number of benzene rings is 1. The van der Waals surface area contributed by atoms with Crippen molar-refractivity contribution in [3.05, 3.63) is 23.8 Å². The van der Waals surface area contributed by atoms with Crippen LogP contribution in [0.4, 0.5) is 0 Å². The van der Waals surface area contributed by atoms with Gasteiger partial charge in [0, 0.05) is 13.1 Å². The third kappa shape index (κ3) is 3.71. The molecule has 5 nitrogen and oxygen atoms in total. The molecule has 1 saturated heterocycles. The molecule has 0 aromatic heterocycles. The molecule has 122 valence electrons. The molecule has 1 aliphatic heterocycles. The molecule has 0 aliphatic carbocycles. The first-order chi connectivity index (χ1) is 10.5. The summed E-state index contributed by atoms with van der Waals surface area (Å²) in [6.45, 7) is 9.02. The summed E-state index contributed by atoms with van der Waals surface area (Å²) in [6.07, 6.45) is 0.692. The molecule has 1 heterocycles. The molecule has 1 N–H and O–H groups in total. The van der Waals surface area contributed by atoms with Crippen LogP contribution in [0.5, 0.6) is 11.5 Å². The van der Waals surface area contributed by atoms with Gasteiger partial charge in [0.2, 0.25) is 0 Å². The fraction of sp³-hybridized carbons (Fsp3) is 0.588. The average Bonchev–Trinajstić information content (AvgIpc) is 2.85. The summed E-state index contributed by atoms with van der Waals surface area (Å²) in [5.41, 5.74) is 0.482. The first-order valence-electron chi connectivity index (χ1n) is 7.82. The lowest BCUT2D eigenvalue weighted by molar-refractivity contribution is -0.147. The SMILES string of the molecule is CCOc1ccc(CN2CCC(C)(C(=O)O)C2)cc1OCC. The third-order valence-electron chi connectivity index (χ3n) is 4.08. The van der Waals surface area contributed by atoms with Crippen LogP contribution in [0.2, 0.25) is 0 Å². The van der Waals surface area contributed by atoms with Crippen molar-refractivity contribution in [1.82, 2.24) is 4.90 Å². The number of ether oxygens (including phenoxy) is 2. The summed E-state index contributed by atoms with van der Waals surface area (Å²) in [7, 11) is 0. The second-order valence-electron chi connectivity index (χ2n) is 5.97. The van der Waals surface area contributed by atoms with Gasteiger partial charge < -0.3 is 14.6 Å². The van der Waals surface area contributed by atoms with Crippen LogP contribution in [-0.4, -0.2) is 42.3 Å². The van der Waals surface area contributed by atoms with Crippen LogP contribution in [0.1, 0.15) is 32.8 Å². The highest BCUT2D eigenvalue weighted by molar-refractivity contribution is 5.74. The summed E-state index contributed by atoms with van der Waals surface area (Å²) in [6, 6.07) is 5.94. The second-order valence-corrected chi connectivity index (χ2v) is 5.97. The lowest BCUT2D eigenvalue weighted by Crippen LogP contribution is -2.31. The van der Waals surface area contributed by atoms with Crippen molar-refractivity contribution in [2.45, 2.75) is 33.7 Å². The summed E-state index contributed by atoms with van der Waals surface area (Å²) < 4.78 is 11.2. The van der Waals surface area contributed by atoms with Crippen LogP contribution >= 0.6 is 0 Å². The molecule has 0 amide bonds. The Kier molecular flexibility index (Phi) is 5.29. The molecule has 0 radical (unpaired) electrons. The first-order valence-corrected chi connectivity index (χ1v) is 7.82. The lowest BCUT2D eigenvalue weighted by atomic mass is 9.90. The summed E-state index contributed by atoms with van der Waals surface area (Å²) in [5.74, 6) is 0.795. The van der Waals surface area contributed by atoms with E-state index in [4.69, 9.17) is 9.47 Å². The highest BCUT2D eigenvalue weighted by Crippen LogP contribution is 2.33. The fourth-order valence-corrected chi connectivity index (χ4v) is 2.82. The molecule has 0 spiro atoms. The van der Waals surface area contributed by atoms with Crippen LogP contribution in [0.15, 0.2) is 18.2 Å². The number of carboxylic acid groups (broad SMARTS) is 1. The molecule has 0 saturated carbocycles. The predicted octanol–water partition coefficient (Wildman–Crippen LogP) is 2.78. The number of hydrogen-bond donors (Lipinski definition) is 1. The van der Waals surface area contributed by atoms with Crippen molar-refractivity contribution in [2.75, 3.05) is 26.3 Å². The number of nitrogens with zero attached hydrogens (tertiary/aromatic N) is 1. The summed E-state index contributed by atoms with van der Waals surface area (Å²) in [4.78, 5) is 13.5. The van der Waals surface area contributed by atoms with Gasteiger partial charge in [-0.25, -0.2) is 0 Å². The van der Waals surface area contributed by atoms with Gasteiger partial charge in [0.1, 0.15) is 0 Å². The Morgan fingerprint density at radius 2 is 1.95 bits per heavy atom. The van der Waals surface area contributed by atoms with E-state index < -0.39 is 11.4 Å². The van der Waals surface area contributed by atoms with Crippen molar-refractivity contribution in [3.8, 4) is 11.5 Å². The first kappa shape index (κ1) is 16.6. The topological polar surface area (TPSA) is 59.0 Å². The maximum atomic E-state index is 11.3. The predicted molar refractivity (Wildman–Crippen MR) is 84.4 cm³/mol. The van der Waals surface area contributed by atoms with Crippen molar-refractivity contribution in [2.24, 2.45) is 5.41 Å². The van der Waals surface area contributed by atoms with E-state index in [1.807, 2.05) is 39.0 Å². The third-order valence-corrected chi connectivity index (χ3v) is 4.08. The van der Waals surface area contributed by atoms with Crippen LogP contribution in [0.25, 0.3) is 0 Å². The van der Waals surface area contributed by atoms with Crippen molar-refractivity contribution in [3.63, 3.8) is 0 Å². The number of aliphatic carboxylic acids is 1. The minimum Gasteiger partial charge on any atom is -0.490 e. The van der Waals surface area contributed by atoms with Crippen molar-refractivity contribution < 1.29 is 19.4 Å². The molecule has 5 heteroatoms. The van der Waals surface area contributed by atoms with Gasteiger partial charge in [-0.2, -0.15) is 0 Å². The normalized spacial score (nSPS) is 21.8. The van der Waals surface area contributed by atoms with E-state index in [9.17, 15) is 9.90 Å². The van der Waals surface area contributed by atoms with Gasteiger partial charge in [-0.05, 0) is 51.4 Å². The molecule has 1 unspecified atom stereocenters. The summed E-state index contributed by atoms with van der Waals surface area (Å²) >= 11 is 0. The largest absolute Gasteiger partial charge is 0.490 e. The zero-order valence-corrected chi connectivity index (χ0v) is 13.6. The number of carbonyl (C=O) groups is 1. The van der Waals surface area contributed by atoms with E-state index in [0.29, 0.717) is 26.2 Å². The molecule has 1 aromatic carbocycles. The molecule has 0 bridgehead atoms. The maximum Gasteiger partial charge on any atom is 0.310 e. The number of hydrogen-bond acceptors (Lipinski definition) is 4. The van der Waals surface area contributed by atoms with Crippen LogP contribution in [0.3, 0.4) is 0 Å². The van der Waals surface area contributed by atoms with Crippen molar-refractivity contribution in [1.29, 1.82) is 0 Å². The standard InChI is InChI=1S/C17H25NO4/c1-4-21-14-7-6-13(10-15(14)22-5-2)11-18-9-8-17(3,12-18)16(19)20/h6-7,10H,4-5,8-9,11-12H2,1-3H3,(H,19,20). The van der Waals surface area contributed by atoms with Gasteiger partial charge in [-0.3, -0.25) is 9.69 Å². The molecule has 1 aliphatic rings. The van der Waals surface area contributed by atoms with Gasteiger partial charge in [-0.1, -0.05) is 6.07 Å². The number of rotatable bonds is 7. The average molecular weight is 307 g/mol. The van der Waals surface area contributed by atoms with E-state index in [2.05, 4.69) is 4.90 Å². The Morgan fingerprint density at radius 1 is 1.27 bits per heavy atom. The van der Waals surface area contributed by atoms with E-state index >= 15 is 0 Å². The van der Waals surface area contributed by atoms with E-state index in [1.54, 1.807) is 0 Å². The summed E-state index contributed by atoms with van der Waals surface area (Å²) in [5, 5.41) is 9.30. The fourth-order valence-electron chi connectivity index (χ4n) is 2.82. The highest BCUT2D eigenvalue weighted by atomic mass is 16.5. The van der Waals surface area contributed by atoms with Gasteiger partial charge in [0.05, 0.1) is 18.6 Å². The van der Waals surface area contributed by atoms with E-state index in [0.717, 1.165) is 30.2 Å². The molecule has 22 heavy (non-hydrogen) atoms.